The van der Waals surface area contributed by atoms with Crippen molar-refractivity contribution in [3.8, 4) is 0 Å². The van der Waals surface area contributed by atoms with Crippen molar-refractivity contribution in [3.63, 3.8) is 0 Å². The minimum absolute atomic E-state index is 0.0368. The molecule has 5 aromatic rings. The molecule has 6 nitrogen and oxygen atoms in total. The van der Waals surface area contributed by atoms with Gasteiger partial charge in [0.15, 0.2) is 0 Å². The molecule has 5 aromatic carbocycles. The van der Waals surface area contributed by atoms with Gasteiger partial charge >= 0.3 is 0 Å². The summed E-state index contributed by atoms with van der Waals surface area (Å²) in [6, 6.07) is 36.5. The molecule has 0 spiro atoms. The van der Waals surface area contributed by atoms with Gasteiger partial charge in [-0.05, 0) is 79.2 Å². The van der Waals surface area contributed by atoms with Gasteiger partial charge in [-0.25, -0.2) is 4.39 Å². The first-order valence-corrected chi connectivity index (χ1v) is 15.6. The van der Waals surface area contributed by atoms with Gasteiger partial charge in [-0.2, -0.15) is 0 Å². The van der Waals surface area contributed by atoms with E-state index >= 15 is 0 Å². The second-order valence-electron chi connectivity index (χ2n) is 10.3. The number of hydrogen-bond donors (Lipinski definition) is 3. The molecule has 0 saturated carbocycles. The van der Waals surface area contributed by atoms with Crippen molar-refractivity contribution in [3.05, 3.63) is 166 Å². The molecule has 1 atom stereocenters. The number of rotatable bonds is 10. The predicted octanol–water partition coefficient (Wildman–Crippen LogP) is 8.67. The van der Waals surface area contributed by atoms with Crippen LogP contribution in [0.25, 0.3) is 6.08 Å². The van der Waals surface area contributed by atoms with Crippen LogP contribution < -0.4 is 16.0 Å². The summed E-state index contributed by atoms with van der Waals surface area (Å²) in [5, 5.41) is 7.88. The van der Waals surface area contributed by atoms with Gasteiger partial charge in [0.2, 0.25) is 5.91 Å². The molecule has 230 valence electrons. The fourth-order valence-corrected chi connectivity index (χ4v) is 5.67. The van der Waals surface area contributed by atoms with Crippen molar-refractivity contribution in [2.45, 2.75) is 17.1 Å². The second kappa shape index (κ2) is 15.2. The highest BCUT2D eigenvalue weighted by Crippen LogP contribution is 2.37. The van der Waals surface area contributed by atoms with Crippen LogP contribution in [0.1, 0.15) is 32.3 Å². The molecule has 0 radical (unpaired) electrons. The number of amides is 3. The molecule has 46 heavy (non-hydrogen) atoms. The molecular formula is C37H29ClFN3O3S. The molecule has 5 rings (SSSR count). The van der Waals surface area contributed by atoms with Crippen LogP contribution in [0.5, 0.6) is 0 Å². The summed E-state index contributed by atoms with van der Waals surface area (Å²) >= 11 is 7.58. The third-order valence-corrected chi connectivity index (χ3v) is 8.44. The summed E-state index contributed by atoms with van der Waals surface area (Å²) < 4.78 is 14.6. The predicted molar refractivity (Wildman–Crippen MR) is 183 cm³/mol. The Kier molecular flexibility index (Phi) is 10.7. The van der Waals surface area contributed by atoms with Gasteiger partial charge in [0.1, 0.15) is 16.8 Å². The van der Waals surface area contributed by atoms with Crippen LogP contribution in [0, 0.1) is 12.7 Å². The molecule has 0 saturated heterocycles. The second-order valence-corrected chi connectivity index (χ2v) is 11.8. The maximum atomic E-state index is 14.6. The summed E-state index contributed by atoms with van der Waals surface area (Å²) in [6.45, 7) is 1.98. The van der Waals surface area contributed by atoms with Crippen molar-refractivity contribution < 1.29 is 18.8 Å². The van der Waals surface area contributed by atoms with E-state index in [0.717, 1.165) is 16.0 Å². The zero-order valence-corrected chi connectivity index (χ0v) is 26.2. The Labute approximate surface area is 275 Å². The smallest absolute Gasteiger partial charge is 0.272 e. The molecular weight excluding hydrogens is 621 g/mol. The quantitative estimate of drug-likeness (QED) is 0.104. The van der Waals surface area contributed by atoms with E-state index in [2.05, 4.69) is 16.0 Å². The maximum absolute atomic E-state index is 14.6. The first-order valence-electron chi connectivity index (χ1n) is 14.3. The lowest BCUT2D eigenvalue weighted by Crippen LogP contribution is -2.30. The number of benzene rings is 5. The SMILES string of the molecule is Cc1ccc(NC(=O)C(Sc2ccc(NC(=O)/C(=C/c3c(F)cccc3Cl)NC(=O)c3ccccc3)cc2)c2ccccc2)cc1. The van der Waals surface area contributed by atoms with Crippen LogP contribution in [0.4, 0.5) is 15.8 Å². The van der Waals surface area contributed by atoms with Crippen molar-refractivity contribution in [2.24, 2.45) is 0 Å². The third-order valence-electron chi connectivity index (χ3n) is 6.84. The van der Waals surface area contributed by atoms with E-state index in [1.807, 2.05) is 61.5 Å². The largest absolute Gasteiger partial charge is 0.325 e. The summed E-state index contributed by atoms with van der Waals surface area (Å²) in [6.07, 6.45) is 1.20. The highest BCUT2D eigenvalue weighted by atomic mass is 35.5. The molecule has 9 heteroatoms. The number of thioether (sulfide) groups is 1. The number of aryl methyl sites for hydroxylation is 1. The van der Waals surface area contributed by atoms with Crippen LogP contribution in [0.2, 0.25) is 5.02 Å². The molecule has 3 amide bonds. The third kappa shape index (κ3) is 8.50. The average Bonchev–Trinajstić information content (AvgIpc) is 3.07. The molecule has 0 fully saturated rings. The maximum Gasteiger partial charge on any atom is 0.272 e. The zero-order valence-electron chi connectivity index (χ0n) is 24.7. The van der Waals surface area contributed by atoms with Crippen LogP contribution >= 0.6 is 23.4 Å². The van der Waals surface area contributed by atoms with E-state index in [1.54, 1.807) is 54.6 Å². The molecule has 0 aromatic heterocycles. The van der Waals surface area contributed by atoms with E-state index in [1.165, 1.54) is 36.0 Å². The number of nitrogens with one attached hydrogen (secondary N) is 3. The van der Waals surface area contributed by atoms with E-state index in [4.69, 9.17) is 11.6 Å². The number of anilines is 2. The Morgan fingerprint density at radius 2 is 1.35 bits per heavy atom. The van der Waals surface area contributed by atoms with Crippen LogP contribution in [0.15, 0.2) is 138 Å². The number of hydrogen-bond acceptors (Lipinski definition) is 4. The van der Waals surface area contributed by atoms with E-state index in [-0.39, 0.29) is 22.2 Å². The first-order chi connectivity index (χ1) is 22.3. The lowest BCUT2D eigenvalue weighted by atomic mass is 10.1. The van der Waals surface area contributed by atoms with Crippen molar-refractivity contribution in [2.75, 3.05) is 10.6 Å². The van der Waals surface area contributed by atoms with Crippen molar-refractivity contribution in [1.29, 1.82) is 0 Å². The summed E-state index contributed by atoms with van der Waals surface area (Å²) in [5.74, 6) is -2.04. The standard InChI is InChI=1S/C37H29ClFN3O3S/c1-24-15-17-27(18-16-24)41-37(45)34(25-9-4-2-5-10-25)46-29-21-19-28(20-22-29)40-36(44)33(23-30-31(38)13-8-14-32(30)39)42-35(43)26-11-6-3-7-12-26/h2-23,34H,1H3,(H,40,44)(H,41,45)(H,42,43)/b33-23-. The summed E-state index contributed by atoms with van der Waals surface area (Å²) in [7, 11) is 0. The van der Waals surface area contributed by atoms with Gasteiger partial charge in [-0.15, -0.1) is 11.8 Å². The lowest BCUT2D eigenvalue weighted by Gasteiger charge is -2.18. The van der Waals surface area contributed by atoms with Gasteiger partial charge in [0.05, 0.1) is 5.02 Å². The summed E-state index contributed by atoms with van der Waals surface area (Å²) in [5.41, 5.74) is 3.15. The number of carbonyl (C=O) groups is 3. The lowest BCUT2D eigenvalue weighted by molar-refractivity contribution is -0.116. The molecule has 0 aliphatic rings. The van der Waals surface area contributed by atoms with Crippen LogP contribution in [-0.2, 0) is 9.59 Å². The van der Waals surface area contributed by atoms with Gasteiger partial charge in [-0.3, -0.25) is 14.4 Å². The highest BCUT2D eigenvalue weighted by Gasteiger charge is 2.23. The Balaban J connectivity index is 1.34. The minimum atomic E-state index is -0.677. The zero-order chi connectivity index (χ0) is 32.5. The van der Waals surface area contributed by atoms with E-state index in [0.29, 0.717) is 16.9 Å². The normalized spacial score (nSPS) is 11.8. The summed E-state index contributed by atoms with van der Waals surface area (Å²) in [4.78, 5) is 40.5. The molecule has 0 aliphatic heterocycles. The topological polar surface area (TPSA) is 87.3 Å². The van der Waals surface area contributed by atoms with Crippen molar-refractivity contribution >= 4 is 58.5 Å². The fraction of sp³-hybridized carbons (Fsp3) is 0.0541. The van der Waals surface area contributed by atoms with E-state index < -0.39 is 22.9 Å². The number of halogens is 2. The molecule has 0 bridgehead atoms. The monoisotopic (exact) mass is 649 g/mol. The van der Waals surface area contributed by atoms with Gasteiger partial charge < -0.3 is 16.0 Å². The highest BCUT2D eigenvalue weighted by molar-refractivity contribution is 8.00. The van der Waals surface area contributed by atoms with Crippen LogP contribution in [-0.4, -0.2) is 17.7 Å². The number of carbonyl (C=O) groups excluding carboxylic acids is 3. The average molecular weight is 650 g/mol. The minimum Gasteiger partial charge on any atom is -0.325 e. The molecule has 0 aliphatic carbocycles. The van der Waals surface area contributed by atoms with Gasteiger partial charge in [-0.1, -0.05) is 83.9 Å². The first kappa shape index (κ1) is 32.2. The van der Waals surface area contributed by atoms with Crippen LogP contribution in [0.3, 0.4) is 0 Å². The Hall–Kier alpha value is -5.18. The molecule has 0 heterocycles. The van der Waals surface area contributed by atoms with Gasteiger partial charge in [0.25, 0.3) is 11.8 Å². The Morgan fingerprint density at radius 1 is 0.739 bits per heavy atom. The molecule has 1 unspecified atom stereocenters. The Bertz CT molecular complexity index is 1850. The van der Waals surface area contributed by atoms with Gasteiger partial charge in [0, 0.05) is 27.4 Å². The van der Waals surface area contributed by atoms with E-state index in [9.17, 15) is 18.8 Å². The fourth-order valence-electron chi connectivity index (χ4n) is 4.43. The molecule has 3 N–H and O–H groups in total. The van der Waals surface area contributed by atoms with Crippen molar-refractivity contribution in [1.82, 2.24) is 5.32 Å². The Morgan fingerprint density at radius 3 is 2.00 bits per heavy atom.